The van der Waals surface area contributed by atoms with Gasteiger partial charge in [0.1, 0.15) is 11.2 Å². The van der Waals surface area contributed by atoms with E-state index < -0.39 is 0 Å². The minimum absolute atomic E-state index is 0.892. The molecule has 3 heterocycles. The Labute approximate surface area is 315 Å². The van der Waals surface area contributed by atoms with Crippen molar-refractivity contribution < 1.29 is 4.42 Å². The van der Waals surface area contributed by atoms with Gasteiger partial charge in [-0.25, -0.2) is 0 Å². The number of rotatable bonds is 3. The highest BCUT2D eigenvalue weighted by atomic mass is 16.3. The molecular weight excluding hydrogens is 669 g/mol. The predicted molar refractivity (Wildman–Crippen MR) is 230 cm³/mol. The molecule has 0 spiro atoms. The fraction of sp³-hybridized carbons (Fsp3) is 0. The maximum absolute atomic E-state index is 6.57. The zero-order valence-electron chi connectivity index (χ0n) is 29.6. The molecule has 9 aromatic carbocycles. The van der Waals surface area contributed by atoms with Crippen LogP contribution >= 0.6 is 0 Å². The molecular formula is C52H30N2O. The quantitative estimate of drug-likeness (QED) is 0.180. The zero-order valence-corrected chi connectivity index (χ0v) is 29.6. The molecule has 254 valence electrons. The molecule has 0 N–H and O–H groups in total. The van der Waals surface area contributed by atoms with Crippen molar-refractivity contribution in [3.63, 3.8) is 0 Å². The van der Waals surface area contributed by atoms with Crippen molar-refractivity contribution >= 4 is 76.3 Å². The van der Waals surface area contributed by atoms with Crippen LogP contribution in [-0.2, 0) is 0 Å². The summed E-state index contributed by atoms with van der Waals surface area (Å²) in [5.74, 6) is 0. The van der Waals surface area contributed by atoms with Gasteiger partial charge in [-0.3, -0.25) is 0 Å². The van der Waals surface area contributed by atoms with Crippen LogP contribution in [0.5, 0.6) is 0 Å². The van der Waals surface area contributed by atoms with Gasteiger partial charge >= 0.3 is 0 Å². The molecule has 1 aliphatic rings. The van der Waals surface area contributed by atoms with Crippen LogP contribution in [0.3, 0.4) is 0 Å². The van der Waals surface area contributed by atoms with Crippen molar-refractivity contribution in [2.45, 2.75) is 0 Å². The van der Waals surface area contributed by atoms with Gasteiger partial charge in [0.15, 0.2) is 0 Å². The predicted octanol–water partition coefficient (Wildman–Crippen LogP) is 14.2. The van der Waals surface area contributed by atoms with E-state index in [0.29, 0.717) is 0 Å². The maximum atomic E-state index is 6.57. The van der Waals surface area contributed by atoms with E-state index in [2.05, 4.69) is 185 Å². The smallest absolute Gasteiger partial charge is 0.137 e. The van der Waals surface area contributed by atoms with Crippen molar-refractivity contribution in [1.29, 1.82) is 0 Å². The molecule has 0 atom stereocenters. The molecule has 0 saturated carbocycles. The summed E-state index contributed by atoms with van der Waals surface area (Å²) in [4.78, 5) is 0. The second-order valence-corrected chi connectivity index (χ2v) is 14.9. The molecule has 0 saturated heterocycles. The first kappa shape index (κ1) is 29.1. The molecule has 0 aliphatic heterocycles. The van der Waals surface area contributed by atoms with Gasteiger partial charge in [-0.2, -0.15) is 0 Å². The summed E-state index contributed by atoms with van der Waals surface area (Å²) < 4.78 is 11.6. The van der Waals surface area contributed by atoms with Crippen LogP contribution < -0.4 is 0 Å². The molecule has 55 heavy (non-hydrogen) atoms. The minimum Gasteiger partial charge on any atom is -0.456 e. The van der Waals surface area contributed by atoms with E-state index in [1.54, 1.807) is 0 Å². The standard InChI is InChI=1S/C52H30N2O/c1-2-11-31(12-3-1)33-15-8-16-34(27-33)53-46-21-6-4-17-37(46)41-25-26-42-44-29-45-38-18-5-7-22-48(38)55-49(45)30-47(44)54(52(42)51(41)53)35-23-24-36-39-19-9-13-32-14-10-20-40(50(32)39)43(36)28-35/h1-30H. The van der Waals surface area contributed by atoms with Crippen molar-refractivity contribution in [3.8, 4) is 44.8 Å². The SMILES string of the molecule is c1ccc(-c2cccc(-n3c4ccccc4c4ccc5c6cc7c(cc6n(-c6ccc8c(c6)-c6cccc9cccc-8c69)c5c43)oc3ccccc37)c2)cc1. The normalized spacial score (nSPS) is 12.4. The van der Waals surface area contributed by atoms with Gasteiger partial charge < -0.3 is 13.6 Å². The first-order chi connectivity index (χ1) is 27.3. The molecule has 0 amide bonds. The van der Waals surface area contributed by atoms with E-state index in [4.69, 9.17) is 4.42 Å². The van der Waals surface area contributed by atoms with Crippen molar-refractivity contribution in [1.82, 2.24) is 9.13 Å². The van der Waals surface area contributed by atoms with Crippen molar-refractivity contribution in [3.05, 3.63) is 182 Å². The molecule has 3 heteroatoms. The lowest BCUT2D eigenvalue weighted by molar-refractivity contribution is 0.669. The number of aromatic nitrogens is 2. The second-order valence-electron chi connectivity index (χ2n) is 14.9. The molecule has 1 aliphatic carbocycles. The third-order valence-electron chi connectivity index (χ3n) is 12.0. The molecule has 0 fully saturated rings. The molecule has 13 rings (SSSR count). The number of hydrogen-bond donors (Lipinski definition) is 0. The summed E-state index contributed by atoms with van der Waals surface area (Å²) in [5, 5.41) is 9.76. The van der Waals surface area contributed by atoms with Crippen LogP contribution in [-0.4, -0.2) is 9.13 Å². The van der Waals surface area contributed by atoms with Crippen LogP contribution in [0.25, 0.3) is 121 Å². The summed E-state index contributed by atoms with van der Waals surface area (Å²) >= 11 is 0. The first-order valence-corrected chi connectivity index (χ1v) is 18.9. The fourth-order valence-corrected chi connectivity index (χ4v) is 9.68. The average molecular weight is 699 g/mol. The Morgan fingerprint density at radius 2 is 1.00 bits per heavy atom. The maximum Gasteiger partial charge on any atom is 0.137 e. The van der Waals surface area contributed by atoms with Gasteiger partial charge in [-0.1, -0.05) is 133 Å². The van der Waals surface area contributed by atoms with Gasteiger partial charge in [0.2, 0.25) is 0 Å². The summed E-state index contributed by atoms with van der Waals surface area (Å²) in [6.45, 7) is 0. The van der Waals surface area contributed by atoms with Crippen LogP contribution in [0.2, 0.25) is 0 Å². The molecule has 3 aromatic heterocycles. The van der Waals surface area contributed by atoms with Crippen LogP contribution in [0, 0.1) is 0 Å². The molecule has 0 unspecified atom stereocenters. The van der Waals surface area contributed by atoms with E-state index in [-0.39, 0.29) is 0 Å². The fourth-order valence-electron chi connectivity index (χ4n) is 9.68. The number of fused-ring (bicyclic) bond motifs is 13. The van der Waals surface area contributed by atoms with Crippen LogP contribution in [0.15, 0.2) is 186 Å². The Morgan fingerprint density at radius 1 is 0.327 bits per heavy atom. The number of nitrogens with zero attached hydrogens (tertiary/aromatic N) is 2. The minimum atomic E-state index is 0.892. The zero-order chi connectivity index (χ0) is 35.8. The monoisotopic (exact) mass is 698 g/mol. The van der Waals surface area contributed by atoms with Gasteiger partial charge in [0, 0.05) is 49.8 Å². The Morgan fingerprint density at radius 3 is 1.85 bits per heavy atom. The van der Waals surface area contributed by atoms with Crippen LogP contribution in [0.1, 0.15) is 0 Å². The number of furan rings is 1. The number of benzene rings is 9. The van der Waals surface area contributed by atoms with Gasteiger partial charge in [-0.15, -0.1) is 0 Å². The Hall–Kier alpha value is -7.36. The van der Waals surface area contributed by atoms with E-state index in [0.717, 1.165) is 38.8 Å². The van der Waals surface area contributed by atoms with Gasteiger partial charge in [-0.05, 0) is 86.6 Å². The van der Waals surface area contributed by atoms with Gasteiger partial charge in [0.05, 0.1) is 22.1 Å². The van der Waals surface area contributed by atoms with E-state index >= 15 is 0 Å². The highest BCUT2D eigenvalue weighted by Crippen LogP contribution is 2.49. The summed E-state index contributed by atoms with van der Waals surface area (Å²) in [5.41, 5.74) is 16.3. The molecule has 0 bridgehead atoms. The average Bonchev–Trinajstić information content (AvgIpc) is 3.97. The number of para-hydroxylation sites is 2. The highest BCUT2D eigenvalue weighted by molar-refractivity contribution is 6.26. The lowest BCUT2D eigenvalue weighted by atomic mass is 10.0. The Kier molecular flexibility index (Phi) is 5.63. The second kappa shape index (κ2) is 10.6. The lowest BCUT2D eigenvalue weighted by Gasteiger charge is -2.14. The van der Waals surface area contributed by atoms with E-state index in [9.17, 15) is 0 Å². The topological polar surface area (TPSA) is 23.0 Å². The largest absolute Gasteiger partial charge is 0.456 e. The summed E-state index contributed by atoms with van der Waals surface area (Å²) in [7, 11) is 0. The molecule has 3 nitrogen and oxygen atoms in total. The lowest BCUT2D eigenvalue weighted by Crippen LogP contribution is -1.99. The Balaban J connectivity index is 1.19. The third kappa shape index (κ3) is 3.89. The Bertz CT molecular complexity index is 3590. The highest BCUT2D eigenvalue weighted by Gasteiger charge is 2.25. The van der Waals surface area contributed by atoms with E-state index in [1.165, 1.54) is 82.2 Å². The van der Waals surface area contributed by atoms with Gasteiger partial charge in [0.25, 0.3) is 0 Å². The first-order valence-electron chi connectivity index (χ1n) is 18.9. The van der Waals surface area contributed by atoms with Crippen LogP contribution in [0.4, 0.5) is 0 Å². The van der Waals surface area contributed by atoms with E-state index in [1.807, 2.05) is 6.07 Å². The molecule has 12 aromatic rings. The summed E-state index contributed by atoms with van der Waals surface area (Å²) in [6, 6.07) is 66.6. The third-order valence-corrected chi connectivity index (χ3v) is 12.0. The number of hydrogen-bond acceptors (Lipinski definition) is 1. The van der Waals surface area contributed by atoms with Crippen molar-refractivity contribution in [2.75, 3.05) is 0 Å². The summed E-state index contributed by atoms with van der Waals surface area (Å²) in [6.07, 6.45) is 0. The van der Waals surface area contributed by atoms with Crippen molar-refractivity contribution in [2.24, 2.45) is 0 Å². The molecule has 0 radical (unpaired) electrons.